The monoisotopic (exact) mass is 304 g/mol. The maximum atomic E-state index is 12.2. The maximum Gasteiger partial charge on any atom is 0.254 e. The van der Waals surface area contributed by atoms with Crippen LogP contribution in [0.25, 0.3) is 0 Å². The van der Waals surface area contributed by atoms with E-state index in [2.05, 4.69) is 9.69 Å². The van der Waals surface area contributed by atoms with Gasteiger partial charge in [0.2, 0.25) is 0 Å². The van der Waals surface area contributed by atoms with Crippen molar-refractivity contribution in [2.24, 2.45) is 0 Å². The van der Waals surface area contributed by atoms with Crippen LogP contribution >= 0.6 is 11.5 Å². The lowest BCUT2D eigenvalue weighted by Crippen LogP contribution is -2.42. The molecule has 1 aliphatic rings. The molecule has 0 saturated heterocycles. The summed E-state index contributed by atoms with van der Waals surface area (Å²) in [6.45, 7) is 2.30. The van der Waals surface area contributed by atoms with Crippen molar-refractivity contribution in [3.8, 4) is 11.5 Å². The Morgan fingerprint density at radius 2 is 2.38 bits per heavy atom. The number of benzene rings is 1. The van der Waals surface area contributed by atoms with Crippen LogP contribution in [0, 0.1) is 6.92 Å². The second kappa shape index (κ2) is 5.73. The van der Waals surface area contributed by atoms with Crippen molar-refractivity contribution in [2.75, 3.05) is 13.7 Å². The number of carbonyl (C=O) groups excluding carboxylic acids is 1. The van der Waals surface area contributed by atoms with Crippen molar-refractivity contribution in [2.45, 2.75) is 19.4 Å². The molecule has 5 nitrogen and oxygen atoms in total. The second-order valence-electron chi connectivity index (χ2n) is 4.97. The molecule has 1 aliphatic heterocycles. The van der Waals surface area contributed by atoms with Gasteiger partial charge in [0.15, 0.2) is 0 Å². The van der Waals surface area contributed by atoms with Gasteiger partial charge < -0.3 is 14.8 Å². The standard InChI is InChI=1S/C15H16N2O3S/c1-9-13(8-21-17-9)15(18)16-11-5-10-3-4-12(19-2)6-14(10)20-7-11/h3-4,6,8,11H,5,7H2,1-2H3,(H,16,18)/t11-/m1/s1. The van der Waals surface area contributed by atoms with Crippen LogP contribution in [0.5, 0.6) is 11.5 Å². The Morgan fingerprint density at radius 1 is 1.52 bits per heavy atom. The predicted octanol–water partition coefficient (Wildman–Crippen LogP) is 2.19. The number of methoxy groups -OCH3 is 1. The summed E-state index contributed by atoms with van der Waals surface area (Å²) in [5.41, 5.74) is 2.48. The summed E-state index contributed by atoms with van der Waals surface area (Å²) in [5, 5.41) is 4.77. The number of nitrogens with one attached hydrogen (secondary N) is 1. The molecule has 0 unspecified atom stereocenters. The lowest BCUT2D eigenvalue weighted by atomic mass is 10.0. The maximum absolute atomic E-state index is 12.2. The SMILES string of the molecule is COc1ccc2c(c1)OC[C@H](NC(=O)c1csnc1C)C2. The van der Waals surface area contributed by atoms with Gasteiger partial charge in [-0.25, -0.2) is 0 Å². The van der Waals surface area contributed by atoms with Crippen molar-refractivity contribution in [3.05, 3.63) is 40.4 Å². The molecule has 0 radical (unpaired) electrons. The van der Waals surface area contributed by atoms with E-state index in [1.807, 2.05) is 25.1 Å². The molecule has 2 heterocycles. The van der Waals surface area contributed by atoms with E-state index in [9.17, 15) is 4.79 Å². The number of aryl methyl sites for hydroxylation is 1. The Kier molecular flexibility index (Phi) is 3.79. The number of hydrogen-bond donors (Lipinski definition) is 1. The summed E-state index contributed by atoms with van der Waals surface area (Å²) in [7, 11) is 1.63. The van der Waals surface area contributed by atoms with Crippen LogP contribution in [0.1, 0.15) is 21.6 Å². The molecule has 1 N–H and O–H groups in total. The predicted molar refractivity (Wildman–Crippen MR) is 80.3 cm³/mol. The normalized spacial score (nSPS) is 16.8. The number of fused-ring (bicyclic) bond motifs is 1. The van der Waals surface area contributed by atoms with Crippen molar-refractivity contribution < 1.29 is 14.3 Å². The van der Waals surface area contributed by atoms with Gasteiger partial charge in [-0.2, -0.15) is 4.37 Å². The van der Waals surface area contributed by atoms with E-state index < -0.39 is 0 Å². The molecule has 1 aromatic heterocycles. The molecule has 1 aromatic carbocycles. The van der Waals surface area contributed by atoms with Crippen LogP contribution < -0.4 is 14.8 Å². The van der Waals surface area contributed by atoms with Crippen molar-refractivity contribution >= 4 is 17.4 Å². The average molecular weight is 304 g/mol. The Morgan fingerprint density at radius 3 is 3.10 bits per heavy atom. The number of amides is 1. The highest BCUT2D eigenvalue weighted by Gasteiger charge is 2.23. The highest BCUT2D eigenvalue weighted by Crippen LogP contribution is 2.29. The first-order valence-corrected chi connectivity index (χ1v) is 7.52. The van der Waals surface area contributed by atoms with Gasteiger partial charge in [-0.3, -0.25) is 4.79 Å². The van der Waals surface area contributed by atoms with E-state index in [1.165, 1.54) is 11.5 Å². The van der Waals surface area contributed by atoms with E-state index in [0.29, 0.717) is 12.2 Å². The quantitative estimate of drug-likeness (QED) is 0.944. The second-order valence-corrected chi connectivity index (χ2v) is 5.60. The summed E-state index contributed by atoms with van der Waals surface area (Å²) in [5.74, 6) is 1.51. The molecule has 110 valence electrons. The van der Waals surface area contributed by atoms with E-state index >= 15 is 0 Å². The van der Waals surface area contributed by atoms with Crippen molar-refractivity contribution in [1.29, 1.82) is 0 Å². The molecule has 0 fully saturated rings. The lowest BCUT2D eigenvalue weighted by molar-refractivity contribution is 0.0915. The van der Waals surface area contributed by atoms with Crippen LogP contribution in [-0.4, -0.2) is 30.0 Å². The smallest absolute Gasteiger partial charge is 0.254 e. The fourth-order valence-corrected chi connectivity index (χ4v) is 3.04. The summed E-state index contributed by atoms with van der Waals surface area (Å²) < 4.78 is 15.0. The van der Waals surface area contributed by atoms with E-state index in [-0.39, 0.29) is 11.9 Å². The number of ether oxygens (including phenoxy) is 2. The van der Waals surface area contributed by atoms with Crippen LogP contribution in [0.4, 0.5) is 0 Å². The number of carbonyl (C=O) groups is 1. The molecule has 1 amide bonds. The molecule has 1 atom stereocenters. The van der Waals surface area contributed by atoms with Gasteiger partial charge in [-0.1, -0.05) is 6.07 Å². The Bertz CT molecular complexity index is 669. The molecule has 6 heteroatoms. The van der Waals surface area contributed by atoms with Gasteiger partial charge in [0.25, 0.3) is 5.91 Å². The summed E-state index contributed by atoms with van der Waals surface area (Å²) in [6.07, 6.45) is 0.752. The average Bonchev–Trinajstić information content (AvgIpc) is 2.93. The zero-order valence-corrected chi connectivity index (χ0v) is 12.7. The summed E-state index contributed by atoms with van der Waals surface area (Å²) in [6, 6.07) is 5.72. The van der Waals surface area contributed by atoms with Crippen LogP contribution in [0.15, 0.2) is 23.6 Å². The van der Waals surface area contributed by atoms with Crippen LogP contribution in [0.2, 0.25) is 0 Å². The van der Waals surface area contributed by atoms with Gasteiger partial charge in [-0.15, -0.1) is 0 Å². The highest BCUT2D eigenvalue weighted by atomic mass is 32.1. The highest BCUT2D eigenvalue weighted by molar-refractivity contribution is 7.03. The topological polar surface area (TPSA) is 60.5 Å². The minimum Gasteiger partial charge on any atom is -0.497 e. The van der Waals surface area contributed by atoms with E-state index in [0.717, 1.165) is 29.2 Å². The molecular weight excluding hydrogens is 288 g/mol. The molecular formula is C15H16N2O3S. The largest absolute Gasteiger partial charge is 0.497 e. The van der Waals surface area contributed by atoms with Gasteiger partial charge in [0, 0.05) is 11.4 Å². The molecule has 0 spiro atoms. The third-order valence-corrected chi connectivity index (χ3v) is 4.23. The van der Waals surface area contributed by atoms with E-state index in [4.69, 9.17) is 9.47 Å². The minimum atomic E-state index is -0.0909. The first-order chi connectivity index (χ1) is 10.2. The summed E-state index contributed by atoms with van der Waals surface area (Å²) in [4.78, 5) is 12.2. The molecule has 0 saturated carbocycles. The molecule has 0 bridgehead atoms. The van der Waals surface area contributed by atoms with Gasteiger partial charge in [0.1, 0.15) is 18.1 Å². The zero-order chi connectivity index (χ0) is 14.8. The number of aromatic nitrogens is 1. The zero-order valence-electron chi connectivity index (χ0n) is 11.9. The fraction of sp³-hybridized carbons (Fsp3) is 0.333. The summed E-state index contributed by atoms with van der Waals surface area (Å²) >= 11 is 1.29. The van der Waals surface area contributed by atoms with Crippen LogP contribution in [0.3, 0.4) is 0 Å². The van der Waals surface area contributed by atoms with Gasteiger partial charge in [-0.05, 0) is 36.5 Å². The van der Waals surface area contributed by atoms with Crippen molar-refractivity contribution in [3.63, 3.8) is 0 Å². The lowest BCUT2D eigenvalue weighted by Gasteiger charge is -2.26. The first-order valence-electron chi connectivity index (χ1n) is 6.69. The Labute approximate surface area is 127 Å². The van der Waals surface area contributed by atoms with E-state index in [1.54, 1.807) is 12.5 Å². The number of nitrogens with zero attached hydrogens (tertiary/aromatic N) is 1. The third-order valence-electron chi connectivity index (χ3n) is 3.51. The number of hydrogen-bond acceptors (Lipinski definition) is 5. The van der Waals surface area contributed by atoms with Crippen molar-refractivity contribution in [1.82, 2.24) is 9.69 Å². The molecule has 0 aliphatic carbocycles. The number of rotatable bonds is 3. The molecule has 21 heavy (non-hydrogen) atoms. The first kappa shape index (κ1) is 13.9. The van der Waals surface area contributed by atoms with Gasteiger partial charge in [0.05, 0.1) is 24.4 Å². The Hall–Kier alpha value is -2.08. The third kappa shape index (κ3) is 2.85. The molecule has 2 aromatic rings. The van der Waals surface area contributed by atoms with Gasteiger partial charge >= 0.3 is 0 Å². The fourth-order valence-electron chi connectivity index (χ4n) is 2.35. The Balaban J connectivity index is 1.69. The molecule has 3 rings (SSSR count). The minimum absolute atomic E-state index is 0.0299. The van der Waals surface area contributed by atoms with Crippen LogP contribution in [-0.2, 0) is 6.42 Å².